The number of rotatable bonds is 3. The molecular weight excluding hydrogens is 348 g/mol. The van der Waals surface area contributed by atoms with Crippen LogP contribution in [0.4, 0.5) is 5.82 Å². The van der Waals surface area contributed by atoms with E-state index in [4.69, 9.17) is 0 Å². The van der Waals surface area contributed by atoms with Crippen molar-refractivity contribution in [2.75, 3.05) is 5.32 Å². The third kappa shape index (κ3) is 2.93. The van der Waals surface area contributed by atoms with Crippen LogP contribution in [0.1, 0.15) is 27.2 Å². The average molecular weight is 364 g/mol. The number of pyridine rings is 3. The molecule has 1 N–H and O–H groups in total. The lowest BCUT2D eigenvalue weighted by atomic mass is 9.99. The molecule has 0 bridgehead atoms. The predicted molar refractivity (Wildman–Crippen MR) is 109 cm³/mol. The van der Waals surface area contributed by atoms with Crippen molar-refractivity contribution in [3.8, 4) is 0 Å². The Morgan fingerprint density at radius 1 is 0.964 bits per heavy atom. The van der Waals surface area contributed by atoms with Crippen LogP contribution in [0.2, 0.25) is 0 Å². The molecule has 0 unspecified atom stereocenters. The van der Waals surface area contributed by atoms with Crippen LogP contribution in [0.3, 0.4) is 0 Å². The van der Waals surface area contributed by atoms with Gasteiger partial charge in [0.05, 0.1) is 11.2 Å². The zero-order valence-corrected chi connectivity index (χ0v) is 15.0. The highest BCUT2D eigenvalue weighted by Gasteiger charge is 2.18. The zero-order valence-electron chi connectivity index (χ0n) is 15.0. The Hall–Kier alpha value is -3.86. The van der Waals surface area contributed by atoms with Crippen molar-refractivity contribution in [3.05, 3.63) is 102 Å². The maximum absolute atomic E-state index is 12.3. The summed E-state index contributed by atoms with van der Waals surface area (Å²) in [6, 6.07) is 17.5. The first-order valence-electron chi connectivity index (χ1n) is 9.05. The first-order chi connectivity index (χ1) is 13.8. The number of aromatic nitrogens is 3. The molecule has 0 saturated heterocycles. The summed E-state index contributed by atoms with van der Waals surface area (Å²) in [5, 5.41) is 3.97. The van der Waals surface area contributed by atoms with Crippen LogP contribution in [-0.4, -0.2) is 20.9 Å². The van der Waals surface area contributed by atoms with Crippen LogP contribution < -0.4 is 5.32 Å². The van der Waals surface area contributed by atoms with Crippen molar-refractivity contribution < 1.29 is 4.79 Å². The molecule has 134 valence electrons. The Balaban J connectivity index is 1.42. The second kappa shape index (κ2) is 6.70. The maximum atomic E-state index is 12.3. The molecule has 4 aromatic rings. The number of allylic oxidation sites excluding steroid dienone is 1. The quantitative estimate of drug-likeness (QED) is 0.590. The predicted octanol–water partition coefficient (Wildman–Crippen LogP) is 4.26. The van der Waals surface area contributed by atoms with Gasteiger partial charge in [-0.2, -0.15) is 0 Å². The van der Waals surface area contributed by atoms with Gasteiger partial charge >= 0.3 is 0 Å². The summed E-state index contributed by atoms with van der Waals surface area (Å²) in [5.74, 6) is 0.362. The molecule has 1 amide bonds. The van der Waals surface area contributed by atoms with Gasteiger partial charge in [0.15, 0.2) is 0 Å². The number of anilines is 1. The molecule has 28 heavy (non-hydrogen) atoms. The SMILES string of the molecule is O=C(Nc1ccc2c(n1)CC=C2c1ccc2ncccc2c1)c1ccncc1. The van der Waals surface area contributed by atoms with Crippen molar-refractivity contribution in [1.82, 2.24) is 15.0 Å². The second-order valence-electron chi connectivity index (χ2n) is 6.61. The number of hydrogen-bond donors (Lipinski definition) is 1. The van der Waals surface area contributed by atoms with Gasteiger partial charge in [-0.3, -0.25) is 14.8 Å². The molecule has 0 atom stereocenters. The lowest BCUT2D eigenvalue weighted by molar-refractivity contribution is 0.102. The highest BCUT2D eigenvalue weighted by atomic mass is 16.1. The maximum Gasteiger partial charge on any atom is 0.256 e. The lowest BCUT2D eigenvalue weighted by Crippen LogP contribution is -2.13. The number of nitrogens with zero attached hydrogens (tertiary/aromatic N) is 3. The van der Waals surface area contributed by atoms with Crippen molar-refractivity contribution in [2.24, 2.45) is 0 Å². The molecule has 0 saturated carbocycles. The highest BCUT2D eigenvalue weighted by Crippen LogP contribution is 2.33. The standard InChI is InChI=1S/C23H16N4O/c28-23(15-9-12-24-13-10-15)27-22-8-5-19-18(4-7-21(19)26-22)16-3-6-20-17(14-16)2-1-11-25-20/h1-6,8-14H,7H2,(H,26,27,28). The van der Waals surface area contributed by atoms with E-state index in [1.165, 1.54) is 5.57 Å². The van der Waals surface area contributed by atoms with Crippen molar-refractivity contribution >= 4 is 28.2 Å². The minimum atomic E-state index is -0.192. The minimum Gasteiger partial charge on any atom is -0.307 e. The second-order valence-corrected chi connectivity index (χ2v) is 6.61. The molecule has 0 radical (unpaired) electrons. The molecule has 5 rings (SSSR count). The van der Waals surface area contributed by atoms with E-state index in [1.54, 1.807) is 30.7 Å². The number of carbonyl (C=O) groups excluding carboxylic acids is 1. The van der Waals surface area contributed by atoms with Gasteiger partial charge in [-0.05, 0) is 53.6 Å². The van der Waals surface area contributed by atoms with Crippen LogP contribution in [-0.2, 0) is 6.42 Å². The molecule has 0 spiro atoms. The molecule has 5 heteroatoms. The van der Waals surface area contributed by atoms with E-state index in [0.717, 1.165) is 34.1 Å². The molecule has 3 heterocycles. The van der Waals surface area contributed by atoms with E-state index < -0.39 is 0 Å². The van der Waals surface area contributed by atoms with E-state index in [1.807, 2.05) is 24.3 Å². The van der Waals surface area contributed by atoms with Crippen LogP contribution in [0, 0.1) is 0 Å². The Morgan fingerprint density at radius 3 is 2.75 bits per heavy atom. The fraction of sp³-hybridized carbons (Fsp3) is 0.0435. The highest BCUT2D eigenvalue weighted by molar-refractivity contribution is 6.03. The number of carbonyl (C=O) groups is 1. The van der Waals surface area contributed by atoms with Gasteiger partial charge in [-0.15, -0.1) is 0 Å². The van der Waals surface area contributed by atoms with Crippen LogP contribution >= 0.6 is 0 Å². The summed E-state index contributed by atoms with van der Waals surface area (Å²) in [6.45, 7) is 0. The number of nitrogens with one attached hydrogen (secondary N) is 1. The Labute approximate surface area is 161 Å². The van der Waals surface area contributed by atoms with Gasteiger partial charge in [0, 0.05) is 41.5 Å². The normalized spacial score (nSPS) is 12.5. The van der Waals surface area contributed by atoms with Crippen LogP contribution in [0.5, 0.6) is 0 Å². The fourth-order valence-corrected chi connectivity index (χ4v) is 3.49. The summed E-state index contributed by atoms with van der Waals surface area (Å²) >= 11 is 0. The molecular formula is C23H16N4O. The fourth-order valence-electron chi connectivity index (χ4n) is 3.49. The van der Waals surface area contributed by atoms with Gasteiger partial charge in [0.1, 0.15) is 5.82 Å². The van der Waals surface area contributed by atoms with Crippen molar-refractivity contribution in [2.45, 2.75) is 6.42 Å². The third-order valence-electron chi connectivity index (χ3n) is 4.86. The number of amides is 1. The summed E-state index contributed by atoms with van der Waals surface area (Å²) in [6.07, 6.45) is 7.93. The van der Waals surface area contributed by atoms with Crippen LogP contribution in [0.25, 0.3) is 16.5 Å². The zero-order chi connectivity index (χ0) is 18.9. The van der Waals surface area contributed by atoms with Crippen molar-refractivity contribution in [3.63, 3.8) is 0 Å². The van der Waals surface area contributed by atoms with E-state index in [2.05, 4.69) is 44.5 Å². The summed E-state index contributed by atoms with van der Waals surface area (Å²) in [4.78, 5) is 25.3. The molecule has 1 aliphatic carbocycles. The van der Waals surface area contributed by atoms with E-state index >= 15 is 0 Å². The summed E-state index contributed by atoms with van der Waals surface area (Å²) < 4.78 is 0. The van der Waals surface area contributed by atoms with Gasteiger partial charge in [-0.25, -0.2) is 4.98 Å². The molecule has 0 aliphatic heterocycles. The summed E-state index contributed by atoms with van der Waals surface area (Å²) in [7, 11) is 0. The lowest BCUT2D eigenvalue weighted by Gasteiger charge is -2.09. The van der Waals surface area contributed by atoms with Gasteiger partial charge in [-0.1, -0.05) is 18.2 Å². The molecule has 1 aliphatic rings. The minimum absolute atomic E-state index is 0.192. The first kappa shape index (κ1) is 16.3. The van der Waals surface area contributed by atoms with Gasteiger partial charge in [0.25, 0.3) is 5.91 Å². The van der Waals surface area contributed by atoms with E-state index in [-0.39, 0.29) is 5.91 Å². The van der Waals surface area contributed by atoms with E-state index in [0.29, 0.717) is 11.4 Å². The number of hydrogen-bond acceptors (Lipinski definition) is 4. The largest absolute Gasteiger partial charge is 0.307 e. The number of benzene rings is 1. The van der Waals surface area contributed by atoms with Crippen molar-refractivity contribution in [1.29, 1.82) is 0 Å². The average Bonchev–Trinajstić information content (AvgIpc) is 3.17. The third-order valence-corrected chi connectivity index (χ3v) is 4.86. The first-order valence-corrected chi connectivity index (χ1v) is 9.05. The summed E-state index contributed by atoms with van der Waals surface area (Å²) in [5.41, 5.74) is 5.92. The molecule has 1 aromatic carbocycles. The van der Waals surface area contributed by atoms with E-state index in [9.17, 15) is 4.79 Å². The monoisotopic (exact) mass is 364 g/mol. The molecule has 3 aromatic heterocycles. The smallest absolute Gasteiger partial charge is 0.256 e. The molecule has 0 fully saturated rings. The Bertz CT molecular complexity index is 1230. The molecule has 5 nitrogen and oxygen atoms in total. The van der Waals surface area contributed by atoms with Gasteiger partial charge in [0.2, 0.25) is 0 Å². The topological polar surface area (TPSA) is 67.8 Å². The number of fused-ring (bicyclic) bond motifs is 2. The van der Waals surface area contributed by atoms with Gasteiger partial charge < -0.3 is 5.32 Å². The Morgan fingerprint density at radius 2 is 1.86 bits per heavy atom. The Kier molecular flexibility index (Phi) is 3.91. The van der Waals surface area contributed by atoms with Crippen LogP contribution in [0.15, 0.2) is 79.3 Å².